The first-order valence-corrected chi connectivity index (χ1v) is 7.43. The molecule has 112 valence electrons. The van der Waals surface area contributed by atoms with E-state index in [1.807, 2.05) is 30.3 Å². The van der Waals surface area contributed by atoms with E-state index in [1.165, 1.54) is 0 Å². The van der Waals surface area contributed by atoms with E-state index in [9.17, 15) is 9.59 Å². The van der Waals surface area contributed by atoms with Gasteiger partial charge in [0.2, 0.25) is 0 Å². The van der Waals surface area contributed by atoms with Gasteiger partial charge < -0.3 is 15.4 Å². The lowest BCUT2D eigenvalue weighted by atomic mass is 9.90. The van der Waals surface area contributed by atoms with Crippen molar-refractivity contribution in [3.63, 3.8) is 0 Å². The third-order valence-electron chi connectivity index (χ3n) is 4.43. The zero-order chi connectivity index (χ0) is 14.7. The fourth-order valence-electron chi connectivity index (χ4n) is 3.28. The van der Waals surface area contributed by atoms with Crippen molar-refractivity contribution >= 4 is 12.0 Å². The van der Waals surface area contributed by atoms with Crippen molar-refractivity contribution in [3.05, 3.63) is 35.9 Å². The van der Waals surface area contributed by atoms with Crippen LogP contribution in [0.3, 0.4) is 0 Å². The maximum Gasteiger partial charge on any atom is 0.315 e. The van der Waals surface area contributed by atoms with Crippen molar-refractivity contribution in [2.45, 2.75) is 37.8 Å². The Morgan fingerprint density at radius 1 is 1.29 bits per heavy atom. The molecule has 0 radical (unpaired) electrons. The molecule has 1 aliphatic heterocycles. The Hall–Kier alpha value is -2.04. The first kappa shape index (κ1) is 13.9. The summed E-state index contributed by atoms with van der Waals surface area (Å²) in [7, 11) is 0. The van der Waals surface area contributed by atoms with Crippen LogP contribution in [0.25, 0.3) is 0 Å². The molecule has 0 bridgehead atoms. The van der Waals surface area contributed by atoms with Crippen molar-refractivity contribution < 1.29 is 14.3 Å². The lowest BCUT2D eigenvalue weighted by Crippen LogP contribution is -2.57. The molecule has 0 aromatic heterocycles. The second kappa shape index (κ2) is 5.76. The number of carbonyl (C=O) groups is 2. The lowest BCUT2D eigenvalue weighted by molar-refractivity contribution is -0.149. The van der Waals surface area contributed by atoms with Gasteiger partial charge in [-0.15, -0.1) is 0 Å². The van der Waals surface area contributed by atoms with Crippen LogP contribution in [0.1, 0.15) is 31.2 Å². The van der Waals surface area contributed by atoms with Crippen LogP contribution < -0.4 is 10.6 Å². The number of ether oxygens (including phenoxy) is 1. The molecule has 21 heavy (non-hydrogen) atoms. The van der Waals surface area contributed by atoms with Gasteiger partial charge in [-0.3, -0.25) is 4.79 Å². The van der Waals surface area contributed by atoms with Crippen molar-refractivity contribution in [1.29, 1.82) is 0 Å². The first-order chi connectivity index (χ1) is 10.2. The van der Waals surface area contributed by atoms with Crippen LogP contribution in [0.2, 0.25) is 0 Å². The Labute approximate surface area is 124 Å². The van der Waals surface area contributed by atoms with Crippen molar-refractivity contribution in [1.82, 2.24) is 10.6 Å². The summed E-state index contributed by atoms with van der Waals surface area (Å²) in [6, 6.07) is 9.55. The Morgan fingerprint density at radius 3 is 2.86 bits per heavy atom. The highest BCUT2D eigenvalue weighted by molar-refractivity contribution is 5.77. The van der Waals surface area contributed by atoms with Crippen molar-refractivity contribution in [3.8, 4) is 0 Å². The highest BCUT2D eigenvalue weighted by Gasteiger charge is 2.44. The minimum Gasteiger partial charge on any atom is -0.461 e. The Bertz CT molecular complexity index is 532. The van der Waals surface area contributed by atoms with Gasteiger partial charge in [0.15, 0.2) is 0 Å². The van der Waals surface area contributed by atoms with E-state index in [-0.39, 0.29) is 23.5 Å². The molecule has 2 aliphatic rings. The Morgan fingerprint density at radius 2 is 2.10 bits per heavy atom. The third kappa shape index (κ3) is 3.17. The molecule has 1 aromatic carbocycles. The van der Waals surface area contributed by atoms with E-state index >= 15 is 0 Å². The van der Waals surface area contributed by atoms with Gasteiger partial charge in [0.1, 0.15) is 6.61 Å². The number of rotatable bonds is 3. The zero-order valence-electron chi connectivity index (χ0n) is 11.9. The topological polar surface area (TPSA) is 67.4 Å². The quantitative estimate of drug-likeness (QED) is 0.836. The van der Waals surface area contributed by atoms with Gasteiger partial charge in [0, 0.05) is 12.1 Å². The van der Waals surface area contributed by atoms with Crippen LogP contribution >= 0.6 is 0 Å². The number of urea groups is 1. The minimum atomic E-state index is -0.210. The molecule has 2 atom stereocenters. The number of esters is 1. The first-order valence-electron chi connectivity index (χ1n) is 7.43. The molecule has 2 amide bonds. The van der Waals surface area contributed by atoms with Crippen molar-refractivity contribution in [2.75, 3.05) is 6.54 Å². The second-order valence-electron chi connectivity index (χ2n) is 5.94. The van der Waals surface area contributed by atoms with Crippen LogP contribution in [0.5, 0.6) is 0 Å². The third-order valence-corrected chi connectivity index (χ3v) is 4.43. The summed E-state index contributed by atoms with van der Waals surface area (Å²) < 4.78 is 5.41. The summed E-state index contributed by atoms with van der Waals surface area (Å²) in [6.07, 6.45) is 3.20. The van der Waals surface area contributed by atoms with Crippen LogP contribution in [0, 0.1) is 5.92 Å². The highest BCUT2D eigenvalue weighted by Crippen LogP contribution is 2.38. The van der Waals surface area contributed by atoms with E-state index in [2.05, 4.69) is 10.6 Å². The van der Waals surface area contributed by atoms with Gasteiger partial charge in [-0.05, 0) is 31.2 Å². The Balaban J connectivity index is 1.53. The molecule has 2 N–H and O–H groups in total. The van der Waals surface area contributed by atoms with E-state index in [0.717, 1.165) is 24.8 Å². The maximum atomic E-state index is 12.2. The molecule has 1 saturated heterocycles. The number of nitrogens with one attached hydrogen (secondary N) is 2. The molecule has 2 fully saturated rings. The predicted octanol–water partition coefficient (Wildman–Crippen LogP) is 1.97. The fourth-order valence-corrected chi connectivity index (χ4v) is 3.28. The molecule has 5 heteroatoms. The van der Waals surface area contributed by atoms with E-state index in [0.29, 0.717) is 19.6 Å². The predicted molar refractivity (Wildman–Crippen MR) is 77.5 cm³/mol. The minimum absolute atomic E-state index is 0.105. The maximum absolute atomic E-state index is 12.2. The molecule has 2 unspecified atom stereocenters. The molecular weight excluding hydrogens is 268 g/mol. The SMILES string of the molecule is O=C1NCCC2(CCC(C(=O)OCc3ccccc3)C2)N1. The highest BCUT2D eigenvalue weighted by atomic mass is 16.5. The standard InChI is InChI=1S/C16H20N2O3/c19-14(21-11-12-4-2-1-3-5-12)13-6-7-16(10-13)8-9-17-15(20)18-16/h1-5,13H,6-11H2,(H2,17,18,20). The summed E-state index contributed by atoms with van der Waals surface area (Å²) in [5, 5.41) is 5.75. The molecule has 1 heterocycles. The smallest absolute Gasteiger partial charge is 0.315 e. The van der Waals surface area contributed by atoms with Gasteiger partial charge in [-0.25, -0.2) is 4.79 Å². The largest absolute Gasteiger partial charge is 0.461 e. The molecule has 1 aliphatic carbocycles. The van der Waals surface area contributed by atoms with E-state index in [4.69, 9.17) is 4.74 Å². The molecule has 1 saturated carbocycles. The van der Waals surface area contributed by atoms with Gasteiger partial charge in [-0.1, -0.05) is 30.3 Å². The Kier molecular flexibility index (Phi) is 3.82. The number of carbonyl (C=O) groups excluding carboxylic acids is 2. The summed E-state index contributed by atoms with van der Waals surface area (Å²) >= 11 is 0. The average molecular weight is 288 g/mol. The van der Waals surface area contributed by atoms with Crippen LogP contribution in [-0.2, 0) is 16.1 Å². The van der Waals surface area contributed by atoms with Gasteiger partial charge >= 0.3 is 12.0 Å². The normalized spacial score (nSPS) is 28.0. The van der Waals surface area contributed by atoms with Crippen LogP contribution in [-0.4, -0.2) is 24.1 Å². The van der Waals surface area contributed by atoms with Gasteiger partial charge in [0.25, 0.3) is 0 Å². The van der Waals surface area contributed by atoms with E-state index in [1.54, 1.807) is 0 Å². The van der Waals surface area contributed by atoms with Gasteiger partial charge in [-0.2, -0.15) is 0 Å². The van der Waals surface area contributed by atoms with Crippen LogP contribution in [0.15, 0.2) is 30.3 Å². The molecule has 1 spiro atoms. The number of benzene rings is 1. The summed E-state index contributed by atoms with van der Waals surface area (Å²) in [5.74, 6) is -0.254. The monoisotopic (exact) mass is 288 g/mol. The number of hydrogen-bond acceptors (Lipinski definition) is 3. The fraction of sp³-hybridized carbons (Fsp3) is 0.500. The average Bonchev–Trinajstić information content (AvgIpc) is 2.89. The molecule has 5 nitrogen and oxygen atoms in total. The summed E-state index contributed by atoms with van der Waals surface area (Å²) in [5.41, 5.74) is 0.785. The molecule has 3 rings (SSSR count). The lowest BCUT2D eigenvalue weighted by Gasteiger charge is -2.34. The summed E-state index contributed by atoms with van der Waals surface area (Å²) in [6.45, 7) is 0.995. The van der Waals surface area contributed by atoms with E-state index < -0.39 is 0 Å². The number of amides is 2. The second-order valence-corrected chi connectivity index (χ2v) is 5.94. The van der Waals surface area contributed by atoms with Crippen molar-refractivity contribution in [2.24, 2.45) is 5.92 Å². The van der Waals surface area contributed by atoms with Gasteiger partial charge in [0.05, 0.1) is 5.92 Å². The number of hydrogen-bond donors (Lipinski definition) is 2. The molecular formula is C16H20N2O3. The zero-order valence-corrected chi connectivity index (χ0v) is 11.9. The van der Waals surface area contributed by atoms with Crippen LogP contribution in [0.4, 0.5) is 4.79 Å². The molecule has 1 aromatic rings. The summed E-state index contributed by atoms with van der Waals surface area (Å²) in [4.78, 5) is 23.6.